The Hall–Kier alpha value is -2.92. The zero-order chi connectivity index (χ0) is 29.9. The molecule has 0 bridgehead atoms. The average Bonchev–Trinajstić information content (AvgIpc) is 3.22. The summed E-state index contributed by atoms with van der Waals surface area (Å²) in [6, 6.07) is 8.73. The maximum atomic E-state index is 13.5. The van der Waals surface area contributed by atoms with Crippen LogP contribution >= 0.6 is 11.6 Å². The van der Waals surface area contributed by atoms with E-state index in [-0.39, 0.29) is 5.84 Å². The summed E-state index contributed by atoms with van der Waals surface area (Å²) in [5.74, 6) is -0.795. The van der Waals surface area contributed by atoms with Gasteiger partial charge in [0.15, 0.2) is 6.10 Å². The molecule has 0 aliphatic carbocycles. The summed E-state index contributed by atoms with van der Waals surface area (Å²) in [6.07, 6.45) is -14.1. The van der Waals surface area contributed by atoms with Crippen LogP contribution in [0.1, 0.15) is 29.2 Å². The number of benzene rings is 2. The van der Waals surface area contributed by atoms with Gasteiger partial charge in [-0.25, -0.2) is 18.1 Å². The van der Waals surface area contributed by atoms with Gasteiger partial charge in [-0.1, -0.05) is 29.8 Å². The lowest BCUT2D eigenvalue weighted by Gasteiger charge is -2.26. The second-order valence-electron chi connectivity index (χ2n) is 8.83. The van der Waals surface area contributed by atoms with Crippen molar-refractivity contribution in [2.45, 2.75) is 37.1 Å². The first-order valence-electron chi connectivity index (χ1n) is 11.5. The van der Waals surface area contributed by atoms with E-state index < -0.39 is 77.2 Å². The second kappa shape index (κ2) is 12.3. The lowest BCUT2D eigenvalue weighted by Crippen LogP contribution is -2.49. The van der Waals surface area contributed by atoms with E-state index in [1.54, 1.807) is 0 Å². The number of aliphatic hydroxyl groups excluding tert-OH is 1. The predicted octanol–water partition coefficient (Wildman–Crippen LogP) is 2.97. The Morgan fingerprint density at radius 3 is 2.33 bits per heavy atom. The highest BCUT2D eigenvalue weighted by molar-refractivity contribution is 7.88. The molecule has 3 atom stereocenters. The van der Waals surface area contributed by atoms with Gasteiger partial charge in [-0.3, -0.25) is 4.79 Å². The summed E-state index contributed by atoms with van der Waals surface area (Å²) in [5.41, 5.74) is 1.55. The molecular weight excluding hydrogens is 592 g/mol. The number of aliphatic imine (C=N–C) groups is 1. The molecule has 0 saturated heterocycles. The number of hydrogen-bond acceptors (Lipinski definition) is 7. The number of hydrazine groups is 1. The van der Waals surface area contributed by atoms with Crippen LogP contribution in [-0.4, -0.2) is 68.1 Å². The minimum atomic E-state index is -4.96. The molecule has 2 aromatic carbocycles. The summed E-state index contributed by atoms with van der Waals surface area (Å²) < 4.78 is 105. The SMILES string of the molecule is CS(=O)(=O)NC(CNC(=O)CN1NC(c2ccc(Cl)cc2)=NC1CC(O)C(F)(F)F)c1ccccc1C(F)(F)F. The first kappa shape index (κ1) is 31.6. The Morgan fingerprint density at radius 1 is 1.12 bits per heavy atom. The van der Waals surface area contributed by atoms with Crippen molar-refractivity contribution in [3.8, 4) is 0 Å². The number of aliphatic hydroxyl groups is 1. The van der Waals surface area contributed by atoms with E-state index >= 15 is 0 Å². The average molecular weight is 616 g/mol. The van der Waals surface area contributed by atoms with Crippen LogP contribution in [0.4, 0.5) is 26.3 Å². The van der Waals surface area contributed by atoms with E-state index in [2.05, 4.69) is 20.5 Å². The van der Waals surface area contributed by atoms with Gasteiger partial charge in [0, 0.05) is 23.6 Å². The number of hydrogen-bond donors (Lipinski definition) is 4. The minimum Gasteiger partial charge on any atom is -0.384 e. The molecule has 4 N–H and O–H groups in total. The Kier molecular flexibility index (Phi) is 9.72. The number of amides is 1. The molecule has 9 nitrogen and oxygen atoms in total. The van der Waals surface area contributed by atoms with E-state index in [1.165, 1.54) is 30.3 Å². The van der Waals surface area contributed by atoms with Gasteiger partial charge in [0.25, 0.3) is 0 Å². The number of amidine groups is 1. The molecule has 40 heavy (non-hydrogen) atoms. The van der Waals surface area contributed by atoms with E-state index in [0.717, 1.165) is 29.5 Å². The molecule has 1 amide bonds. The van der Waals surface area contributed by atoms with Crippen molar-refractivity contribution in [1.82, 2.24) is 20.5 Å². The molecule has 0 fully saturated rings. The van der Waals surface area contributed by atoms with Gasteiger partial charge in [-0.05, 0) is 35.9 Å². The third kappa shape index (κ3) is 8.79. The second-order valence-corrected chi connectivity index (χ2v) is 11.0. The van der Waals surface area contributed by atoms with Crippen LogP contribution in [0.15, 0.2) is 53.5 Å². The Morgan fingerprint density at radius 2 is 1.75 bits per heavy atom. The normalized spacial score (nSPS) is 18.1. The first-order chi connectivity index (χ1) is 18.4. The maximum Gasteiger partial charge on any atom is 0.416 e. The van der Waals surface area contributed by atoms with E-state index in [1.807, 2.05) is 0 Å². The Balaban J connectivity index is 1.78. The maximum absolute atomic E-state index is 13.5. The third-order valence-corrected chi connectivity index (χ3v) is 6.60. The standard InChI is InChI=1S/C23H24ClF6N5O4S/c1-40(38,39)34-17(15-4-2-3-5-16(15)22(25,26)27)11-31-20(37)12-35-19(10-18(36)23(28,29)30)32-21(33-35)13-6-8-14(24)9-7-13/h2-9,17-19,34,36H,10-12H2,1H3,(H,31,37)(H,32,33). The third-order valence-electron chi connectivity index (χ3n) is 5.63. The van der Waals surface area contributed by atoms with Gasteiger partial charge in [-0.15, -0.1) is 0 Å². The van der Waals surface area contributed by atoms with Gasteiger partial charge in [0.2, 0.25) is 15.9 Å². The molecule has 0 spiro atoms. The van der Waals surface area contributed by atoms with Crippen molar-refractivity contribution >= 4 is 33.4 Å². The molecule has 3 unspecified atom stereocenters. The molecule has 3 rings (SSSR count). The van der Waals surface area contributed by atoms with Crippen LogP contribution < -0.4 is 15.5 Å². The number of halogens is 7. The number of nitrogens with one attached hydrogen (secondary N) is 3. The summed E-state index contributed by atoms with van der Waals surface area (Å²) in [5, 5.41) is 13.3. The lowest BCUT2D eigenvalue weighted by atomic mass is 10.0. The molecule has 17 heteroatoms. The highest BCUT2D eigenvalue weighted by Gasteiger charge is 2.42. The van der Waals surface area contributed by atoms with Crippen molar-refractivity contribution in [2.75, 3.05) is 19.3 Å². The molecule has 0 aromatic heterocycles. The zero-order valence-electron chi connectivity index (χ0n) is 20.6. The van der Waals surface area contributed by atoms with Crippen molar-refractivity contribution in [2.24, 2.45) is 4.99 Å². The van der Waals surface area contributed by atoms with Crippen LogP contribution in [0.25, 0.3) is 0 Å². The molecule has 2 aromatic rings. The van der Waals surface area contributed by atoms with Crippen LogP contribution in [0.5, 0.6) is 0 Å². The summed E-state index contributed by atoms with van der Waals surface area (Å²) in [4.78, 5) is 16.9. The van der Waals surface area contributed by atoms with E-state index in [0.29, 0.717) is 10.6 Å². The predicted molar refractivity (Wildman–Crippen MR) is 133 cm³/mol. The monoisotopic (exact) mass is 615 g/mol. The van der Waals surface area contributed by atoms with Crippen LogP contribution in [0.3, 0.4) is 0 Å². The van der Waals surface area contributed by atoms with Gasteiger partial charge >= 0.3 is 12.4 Å². The highest BCUT2D eigenvalue weighted by Crippen LogP contribution is 2.34. The topological polar surface area (TPSA) is 123 Å². The van der Waals surface area contributed by atoms with Gasteiger partial charge in [-0.2, -0.15) is 31.4 Å². The quantitative estimate of drug-likeness (QED) is 0.305. The molecule has 1 aliphatic rings. The molecular formula is C23H24ClF6N5O4S. The van der Waals surface area contributed by atoms with Crippen LogP contribution in [-0.2, 0) is 21.0 Å². The number of carbonyl (C=O) groups is 1. The minimum absolute atomic E-state index is 0.0829. The largest absolute Gasteiger partial charge is 0.416 e. The molecule has 220 valence electrons. The van der Waals surface area contributed by atoms with Crippen LogP contribution in [0.2, 0.25) is 5.02 Å². The van der Waals surface area contributed by atoms with Gasteiger partial charge in [0.1, 0.15) is 12.0 Å². The molecule has 1 heterocycles. The van der Waals surface area contributed by atoms with Crippen molar-refractivity contribution in [3.05, 3.63) is 70.2 Å². The van der Waals surface area contributed by atoms with Gasteiger partial charge < -0.3 is 15.8 Å². The lowest BCUT2D eigenvalue weighted by molar-refractivity contribution is -0.208. The molecule has 1 aliphatic heterocycles. The zero-order valence-corrected chi connectivity index (χ0v) is 22.2. The summed E-state index contributed by atoms with van der Waals surface area (Å²) in [6.45, 7) is -1.27. The van der Waals surface area contributed by atoms with Crippen LogP contribution in [0, 0.1) is 0 Å². The number of alkyl halides is 6. The van der Waals surface area contributed by atoms with E-state index in [9.17, 15) is 44.7 Å². The van der Waals surface area contributed by atoms with Crippen molar-refractivity contribution in [3.63, 3.8) is 0 Å². The highest BCUT2D eigenvalue weighted by atomic mass is 35.5. The number of nitrogens with zero attached hydrogens (tertiary/aromatic N) is 2. The fourth-order valence-electron chi connectivity index (χ4n) is 3.82. The molecule has 0 radical (unpaired) electrons. The van der Waals surface area contributed by atoms with E-state index in [4.69, 9.17) is 11.6 Å². The number of rotatable bonds is 10. The Bertz CT molecular complexity index is 1340. The number of sulfonamides is 1. The van der Waals surface area contributed by atoms with Crippen molar-refractivity contribution in [1.29, 1.82) is 0 Å². The van der Waals surface area contributed by atoms with Crippen molar-refractivity contribution < 1.29 is 44.7 Å². The fourth-order valence-corrected chi connectivity index (χ4v) is 4.68. The van der Waals surface area contributed by atoms with Gasteiger partial charge in [0.05, 0.1) is 24.4 Å². The fraction of sp³-hybridized carbons (Fsp3) is 0.391. The summed E-state index contributed by atoms with van der Waals surface area (Å²) >= 11 is 5.86. The number of carbonyl (C=O) groups excluding carboxylic acids is 1. The molecule has 0 saturated carbocycles. The summed E-state index contributed by atoms with van der Waals surface area (Å²) in [7, 11) is -4.03. The Labute approximate surface area is 230 Å². The smallest absolute Gasteiger partial charge is 0.384 e. The first-order valence-corrected chi connectivity index (χ1v) is 13.7.